The largest absolute Gasteiger partial charge is 0.497 e. The van der Waals surface area contributed by atoms with E-state index < -0.39 is 5.97 Å². The molecular weight excluding hydrogens is 358 g/mol. The van der Waals surface area contributed by atoms with Crippen LogP contribution >= 0.6 is 0 Å². The molecule has 2 aromatic rings. The Morgan fingerprint density at radius 1 is 1.29 bits per heavy atom. The van der Waals surface area contributed by atoms with Gasteiger partial charge in [-0.25, -0.2) is 4.79 Å². The number of carbonyl (C=O) groups is 1. The van der Waals surface area contributed by atoms with Crippen LogP contribution in [-0.2, 0) is 0 Å². The van der Waals surface area contributed by atoms with Gasteiger partial charge in [0.2, 0.25) is 0 Å². The highest BCUT2D eigenvalue weighted by molar-refractivity contribution is 5.99. The molecule has 0 unspecified atom stereocenters. The van der Waals surface area contributed by atoms with Gasteiger partial charge in [0.25, 0.3) is 0 Å². The van der Waals surface area contributed by atoms with Crippen molar-refractivity contribution in [2.24, 2.45) is 0 Å². The number of likely N-dealkylation sites (N-methyl/N-ethyl adjacent to an activating group) is 1. The van der Waals surface area contributed by atoms with E-state index in [1.807, 2.05) is 0 Å². The first-order valence-electron chi connectivity index (χ1n) is 9.83. The molecule has 7 nitrogen and oxygen atoms in total. The molecule has 1 fully saturated rings. The summed E-state index contributed by atoms with van der Waals surface area (Å²) in [5.41, 5.74) is 0.731. The number of aromatic carboxylic acids is 1. The SMILES string of the molecule is CCN(C)C1(CNc2noc(-c3ccc(OC)cc3)c2C(=O)O)CCCCC1. The van der Waals surface area contributed by atoms with Gasteiger partial charge in [0.1, 0.15) is 5.75 Å². The lowest BCUT2D eigenvalue weighted by Gasteiger charge is -2.44. The molecule has 3 rings (SSSR count). The number of hydrogen-bond acceptors (Lipinski definition) is 6. The zero-order valence-electron chi connectivity index (χ0n) is 16.8. The van der Waals surface area contributed by atoms with E-state index in [1.54, 1.807) is 31.4 Å². The van der Waals surface area contributed by atoms with Gasteiger partial charge in [-0.3, -0.25) is 4.90 Å². The number of anilines is 1. The van der Waals surface area contributed by atoms with E-state index in [2.05, 4.69) is 29.3 Å². The zero-order chi connectivity index (χ0) is 20.1. The second-order valence-electron chi connectivity index (χ2n) is 7.42. The average molecular weight is 387 g/mol. The van der Waals surface area contributed by atoms with Crippen molar-refractivity contribution in [3.63, 3.8) is 0 Å². The van der Waals surface area contributed by atoms with Crippen LogP contribution in [0.15, 0.2) is 28.8 Å². The molecule has 0 aliphatic heterocycles. The van der Waals surface area contributed by atoms with Crippen LogP contribution in [0.25, 0.3) is 11.3 Å². The van der Waals surface area contributed by atoms with Gasteiger partial charge in [0.05, 0.1) is 7.11 Å². The minimum atomic E-state index is -1.06. The van der Waals surface area contributed by atoms with Crippen LogP contribution in [0.2, 0.25) is 0 Å². The summed E-state index contributed by atoms with van der Waals surface area (Å²) >= 11 is 0. The van der Waals surface area contributed by atoms with Gasteiger partial charge in [-0.2, -0.15) is 0 Å². The van der Waals surface area contributed by atoms with Crippen LogP contribution < -0.4 is 10.1 Å². The molecule has 0 radical (unpaired) electrons. The number of rotatable bonds is 8. The number of carboxylic acid groups (broad SMARTS) is 1. The Hall–Kier alpha value is -2.54. The van der Waals surface area contributed by atoms with Crippen molar-refractivity contribution in [2.45, 2.75) is 44.6 Å². The lowest BCUT2D eigenvalue weighted by Crippen LogP contribution is -2.52. The van der Waals surface area contributed by atoms with Gasteiger partial charge in [0, 0.05) is 17.6 Å². The first-order chi connectivity index (χ1) is 13.5. The predicted molar refractivity (Wildman–Crippen MR) is 108 cm³/mol. The summed E-state index contributed by atoms with van der Waals surface area (Å²) in [6.07, 6.45) is 5.82. The van der Waals surface area contributed by atoms with Crippen molar-refractivity contribution in [1.82, 2.24) is 10.1 Å². The Balaban J connectivity index is 1.85. The molecule has 1 aromatic heterocycles. The van der Waals surface area contributed by atoms with Crippen LogP contribution in [0.3, 0.4) is 0 Å². The lowest BCUT2D eigenvalue weighted by molar-refractivity contribution is 0.0697. The van der Waals surface area contributed by atoms with Crippen molar-refractivity contribution < 1.29 is 19.2 Å². The molecule has 1 heterocycles. The second kappa shape index (κ2) is 8.65. The van der Waals surface area contributed by atoms with Crippen molar-refractivity contribution in [3.05, 3.63) is 29.8 Å². The van der Waals surface area contributed by atoms with Crippen LogP contribution in [-0.4, -0.2) is 53.9 Å². The summed E-state index contributed by atoms with van der Waals surface area (Å²) in [6.45, 7) is 3.74. The molecular formula is C21H29N3O4. The Bertz CT molecular complexity index is 794. The summed E-state index contributed by atoms with van der Waals surface area (Å²) in [5.74, 6) is 0.170. The standard InChI is InChI=1S/C21H29N3O4/c1-4-24(2)21(12-6-5-7-13-21)14-22-19-17(20(25)26)18(28-23-19)15-8-10-16(27-3)11-9-15/h8-11H,4-7,12-14H2,1-3H3,(H,22,23)(H,25,26). The van der Waals surface area contributed by atoms with Crippen molar-refractivity contribution in [1.29, 1.82) is 0 Å². The molecule has 1 aliphatic rings. The Morgan fingerprint density at radius 3 is 2.54 bits per heavy atom. The van der Waals surface area contributed by atoms with Crippen molar-refractivity contribution >= 4 is 11.8 Å². The normalized spacial score (nSPS) is 16.1. The van der Waals surface area contributed by atoms with E-state index in [0.29, 0.717) is 17.9 Å². The van der Waals surface area contributed by atoms with E-state index in [0.717, 1.165) is 19.4 Å². The fraction of sp³-hybridized carbons (Fsp3) is 0.524. The van der Waals surface area contributed by atoms with E-state index in [4.69, 9.17) is 9.26 Å². The number of nitrogens with one attached hydrogen (secondary N) is 1. The number of hydrogen-bond donors (Lipinski definition) is 2. The Kier molecular flexibility index (Phi) is 6.24. The minimum Gasteiger partial charge on any atom is -0.497 e. The third-order valence-electron chi connectivity index (χ3n) is 5.91. The second-order valence-corrected chi connectivity index (χ2v) is 7.42. The van der Waals surface area contributed by atoms with Crippen LogP contribution in [0.5, 0.6) is 5.75 Å². The van der Waals surface area contributed by atoms with Gasteiger partial charge in [-0.1, -0.05) is 31.3 Å². The fourth-order valence-corrected chi connectivity index (χ4v) is 4.04. The van der Waals surface area contributed by atoms with Crippen LogP contribution in [0.1, 0.15) is 49.4 Å². The van der Waals surface area contributed by atoms with Gasteiger partial charge < -0.3 is 19.7 Å². The maximum atomic E-state index is 11.9. The van der Waals surface area contributed by atoms with Crippen LogP contribution in [0.4, 0.5) is 5.82 Å². The third kappa shape index (κ3) is 3.99. The smallest absolute Gasteiger partial charge is 0.343 e. The summed E-state index contributed by atoms with van der Waals surface area (Å²) < 4.78 is 10.6. The fourth-order valence-electron chi connectivity index (χ4n) is 4.04. The van der Waals surface area contributed by atoms with E-state index >= 15 is 0 Å². The molecule has 152 valence electrons. The van der Waals surface area contributed by atoms with Gasteiger partial charge >= 0.3 is 5.97 Å². The summed E-state index contributed by atoms with van der Waals surface area (Å²) in [6, 6.07) is 7.07. The highest BCUT2D eigenvalue weighted by atomic mass is 16.5. The number of ether oxygens (including phenoxy) is 1. The Labute approximate surface area is 165 Å². The topological polar surface area (TPSA) is 87.8 Å². The van der Waals surface area contributed by atoms with Crippen molar-refractivity contribution in [2.75, 3.05) is 32.6 Å². The number of nitrogens with zero attached hydrogens (tertiary/aromatic N) is 2. The molecule has 0 spiro atoms. The molecule has 2 N–H and O–H groups in total. The quantitative estimate of drug-likeness (QED) is 0.704. The number of aromatic nitrogens is 1. The molecule has 1 saturated carbocycles. The van der Waals surface area contributed by atoms with Crippen molar-refractivity contribution in [3.8, 4) is 17.1 Å². The summed E-state index contributed by atoms with van der Waals surface area (Å²) in [7, 11) is 3.72. The van der Waals surface area contributed by atoms with E-state index in [1.165, 1.54) is 19.3 Å². The number of benzene rings is 1. The Morgan fingerprint density at radius 2 is 1.96 bits per heavy atom. The molecule has 1 aliphatic carbocycles. The lowest BCUT2D eigenvalue weighted by atomic mass is 9.80. The van der Waals surface area contributed by atoms with Gasteiger partial charge in [-0.05, 0) is 50.7 Å². The third-order valence-corrected chi connectivity index (χ3v) is 5.91. The first kappa shape index (κ1) is 20.2. The molecule has 28 heavy (non-hydrogen) atoms. The monoisotopic (exact) mass is 387 g/mol. The van der Waals surface area contributed by atoms with Gasteiger partial charge in [-0.15, -0.1) is 0 Å². The molecule has 1 aromatic carbocycles. The minimum absolute atomic E-state index is 0.0159. The van der Waals surface area contributed by atoms with Crippen LogP contribution in [0, 0.1) is 0 Å². The summed E-state index contributed by atoms with van der Waals surface area (Å²) in [4.78, 5) is 14.3. The van der Waals surface area contributed by atoms with E-state index in [9.17, 15) is 9.90 Å². The molecule has 0 saturated heterocycles. The number of carboxylic acids is 1. The average Bonchev–Trinajstić information content (AvgIpc) is 3.16. The maximum absolute atomic E-state index is 11.9. The molecule has 0 bridgehead atoms. The molecule has 0 atom stereocenters. The maximum Gasteiger partial charge on any atom is 0.343 e. The van der Waals surface area contributed by atoms with Gasteiger partial charge in [0.15, 0.2) is 17.1 Å². The molecule has 0 amide bonds. The first-order valence-corrected chi connectivity index (χ1v) is 9.83. The zero-order valence-corrected chi connectivity index (χ0v) is 16.8. The highest BCUT2D eigenvalue weighted by Crippen LogP contribution is 2.35. The predicted octanol–water partition coefficient (Wildman–Crippen LogP) is 4.11. The highest BCUT2D eigenvalue weighted by Gasteiger charge is 2.36. The molecule has 7 heteroatoms. The summed E-state index contributed by atoms with van der Waals surface area (Å²) in [5, 5.41) is 17.1. The van der Waals surface area contributed by atoms with E-state index in [-0.39, 0.29) is 22.7 Å². The number of methoxy groups -OCH3 is 1.